The van der Waals surface area contributed by atoms with E-state index in [4.69, 9.17) is 11.6 Å². The molecule has 0 atom stereocenters. The van der Waals surface area contributed by atoms with Crippen molar-refractivity contribution >= 4 is 43.5 Å². The molecular formula is C17H16BrClN2O4S. The molecule has 1 N–H and O–H groups in total. The van der Waals surface area contributed by atoms with Gasteiger partial charge in [-0.15, -0.1) is 0 Å². The predicted molar refractivity (Wildman–Crippen MR) is 102 cm³/mol. The first kappa shape index (κ1) is 19.2. The molecule has 2 aromatic carbocycles. The van der Waals surface area contributed by atoms with Crippen LogP contribution in [0.15, 0.2) is 51.8 Å². The van der Waals surface area contributed by atoms with Crippen LogP contribution in [0.1, 0.15) is 10.4 Å². The van der Waals surface area contributed by atoms with Gasteiger partial charge in [0.1, 0.15) is 5.75 Å². The van der Waals surface area contributed by atoms with E-state index in [0.717, 1.165) is 0 Å². The van der Waals surface area contributed by atoms with Gasteiger partial charge in [-0.3, -0.25) is 4.79 Å². The van der Waals surface area contributed by atoms with Crippen LogP contribution in [0.4, 0.5) is 0 Å². The highest BCUT2D eigenvalue weighted by Gasteiger charge is 2.31. The van der Waals surface area contributed by atoms with Gasteiger partial charge >= 0.3 is 0 Å². The molecule has 9 heteroatoms. The number of aromatic hydroxyl groups is 1. The number of amides is 1. The summed E-state index contributed by atoms with van der Waals surface area (Å²) in [4.78, 5) is 14.3. The molecule has 0 saturated carbocycles. The van der Waals surface area contributed by atoms with E-state index in [0.29, 0.717) is 9.50 Å². The average molecular weight is 460 g/mol. The molecule has 1 heterocycles. The fraction of sp³-hybridized carbons (Fsp3) is 0.235. The van der Waals surface area contributed by atoms with Gasteiger partial charge in [-0.1, -0.05) is 33.6 Å². The highest BCUT2D eigenvalue weighted by molar-refractivity contribution is 9.10. The van der Waals surface area contributed by atoms with Crippen LogP contribution in [-0.2, 0) is 10.0 Å². The zero-order valence-electron chi connectivity index (χ0n) is 13.6. The molecule has 0 radical (unpaired) electrons. The number of hydrogen-bond acceptors (Lipinski definition) is 4. The molecular weight excluding hydrogens is 444 g/mol. The van der Waals surface area contributed by atoms with Gasteiger partial charge in [-0.05, 0) is 36.4 Å². The number of phenols is 1. The first-order valence-electron chi connectivity index (χ1n) is 7.82. The molecule has 1 amide bonds. The van der Waals surface area contributed by atoms with Crippen molar-refractivity contribution in [2.24, 2.45) is 0 Å². The molecule has 3 rings (SSSR count). The summed E-state index contributed by atoms with van der Waals surface area (Å²) in [6.45, 7) is 0.833. The fourth-order valence-corrected chi connectivity index (χ4v) is 4.84. The number of carbonyl (C=O) groups excluding carboxylic acids is 1. The van der Waals surface area contributed by atoms with Crippen molar-refractivity contribution in [2.45, 2.75) is 4.90 Å². The second kappa shape index (κ2) is 7.56. The summed E-state index contributed by atoms with van der Waals surface area (Å²) in [5.74, 6) is -0.434. The zero-order valence-corrected chi connectivity index (χ0v) is 16.8. The summed E-state index contributed by atoms with van der Waals surface area (Å²) in [6, 6.07) is 10.7. The average Bonchev–Trinajstić information content (AvgIpc) is 2.63. The van der Waals surface area contributed by atoms with Crippen LogP contribution in [-0.4, -0.2) is 54.8 Å². The minimum absolute atomic E-state index is 0.104. The first-order chi connectivity index (χ1) is 12.3. The summed E-state index contributed by atoms with van der Waals surface area (Å²) in [5, 5.41) is 10.3. The number of piperazine rings is 1. The maximum absolute atomic E-state index is 12.7. The zero-order chi connectivity index (χ0) is 18.9. The lowest BCUT2D eigenvalue weighted by Gasteiger charge is -2.34. The maximum Gasteiger partial charge on any atom is 0.257 e. The number of nitrogens with zero attached hydrogens (tertiary/aromatic N) is 2. The van der Waals surface area contributed by atoms with E-state index in [-0.39, 0.29) is 48.3 Å². The minimum atomic E-state index is -3.66. The first-order valence-corrected chi connectivity index (χ1v) is 10.4. The molecule has 0 aromatic heterocycles. The van der Waals surface area contributed by atoms with Crippen LogP contribution in [0, 0.1) is 0 Å². The quantitative estimate of drug-likeness (QED) is 0.765. The van der Waals surface area contributed by atoms with Crippen molar-refractivity contribution < 1.29 is 18.3 Å². The largest absolute Gasteiger partial charge is 0.507 e. The third-order valence-electron chi connectivity index (χ3n) is 4.15. The summed E-state index contributed by atoms with van der Waals surface area (Å²) in [7, 11) is -3.66. The molecule has 138 valence electrons. The van der Waals surface area contributed by atoms with Gasteiger partial charge in [-0.25, -0.2) is 8.42 Å². The lowest BCUT2D eigenvalue weighted by atomic mass is 10.1. The Morgan fingerprint density at radius 2 is 1.77 bits per heavy atom. The van der Waals surface area contributed by atoms with E-state index in [1.165, 1.54) is 27.4 Å². The van der Waals surface area contributed by atoms with Crippen LogP contribution in [0.3, 0.4) is 0 Å². The molecule has 1 saturated heterocycles. The third-order valence-corrected chi connectivity index (χ3v) is 6.77. The molecule has 6 nitrogen and oxygen atoms in total. The predicted octanol–water partition coefficient (Wildman–Crippen LogP) is 2.95. The molecule has 0 bridgehead atoms. The second-order valence-corrected chi connectivity index (χ2v) is 9.11. The summed E-state index contributed by atoms with van der Waals surface area (Å²) >= 11 is 9.16. The van der Waals surface area contributed by atoms with Gasteiger partial charge in [-0.2, -0.15) is 4.31 Å². The van der Waals surface area contributed by atoms with Crippen molar-refractivity contribution in [3.05, 3.63) is 57.5 Å². The van der Waals surface area contributed by atoms with Gasteiger partial charge in [0.25, 0.3) is 5.91 Å². The van der Waals surface area contributed by atoms with E-state index in [1.807, 2.05) is 0 Å². The summed E-state index contributed by atoms with van der Waals surface area (Å²) in [5.41, 5.74) is 0.186. The molecule has 0 spiro atoms. The van der Waals surface area contributed by atoms with E-state index >= 15 is 0 Å². The van der Waals surface area contributed by atoms with E-state index in [9.17, 15) is 18.3 Å². The van der Waals surface area contributed by atoms with Crippen molar-refractivity contribution in [3.63, 3.8) is 0 Å². The number of carbonyl (C=O) groups is 1. The molecule has 0 aliphatic carbocycles. The van der Waals surface area contributed by atoms with Gasteiger partial charge in [0.2, 0.25) is 10.0 Å². The number of rotatable bonds is 3. The lowest BCUT2D eigenvalue weighted by Crippen LogP contribution is -2.50. The Labute approximate surface area is 165 Å². The Balaban J connectivity index is 1.73. The molecule has 1 aliphatic heterocycles. The number of sulfonamides is 1. The monoisotopic (exact) mass is 458 g/mol. The van der Waals surface area contributed by atoms with E-state index < -0.39 is 10.0 Å². The fourth-order valence-electron chi connectivity index (χ4n) is 2.76. The van der Waals surface area contributed by atoms with Crippen LogP contribution in [0.25, 0.3) is 0 Å². The van der Waals surface area contributed by atoms with Gasteiger partial charge in [0.05, 0.1) is 10.5 Å². The number of phenolic OH excluding ortho intramolecular Hbond substituents is 1. The molecule has 26 heavy (non-hydrogen) atoms. The topological polar surface area (TPSA) is 77.9 Å². The molecule has 0 unspecified atom stereocenters. The van der Waals surface area contributed by atoms with Crippen LogP contribution in [0.2, 0.25) is 5.02 Å². The van der Waals surface area contributed by atoms with E-state index in [2.05, 4.69) is 15.9 Å². The highest BCUT2D eigenvalue weighted by atomic mass is 79.9. The molecule has 1 aliphatic rings. The van der Waals surface area contributed by atoms with Crippen molar-refractivity contribution in [1.29, 1.82) is 0 Å². The Morgan fingerprint density at radius 1 is 1.08 bits per heavy atom. The van der Waals surface area contributed by atoms with Gasteiger partial charge in [0.15, 0.2) is 0 Å². The van der Waals surface area contributed by atoms with Gasteiger partial charge in [0, 0.05) is 35.7 Å². The Kier molecular flexibility index (Phi) is 5.57. The lowest BCUT2D eigenvalue weighted by molar-refractivity contribution is 0.0695. The number of halogens is 2. The maximum atomic E-state index is 12.7. The summed E-state index contributed by atoms with van der Waals surface area (Å²) in [6.07, 6.45) is 0. The van der Waals surface area contributed by atoms with Crippen molar-refractivity contribution in [3.8, 4) is 5.75 Å². The minimum Gasteiger partial charge on any atom is -0.507 e. The normalized spacial score (nSPS) is 15.8. The summed E-state index contributed by atoms with van der Waals surface area (Å²) < 4.78 is 27.4. The number of hydrogen-bond donors (Lipinski definition) is 1. The molecule has 1 fully saturated rings. The number of benzene rings is 2. The standard InChI is InChI=1S/C17H16BrClN2O4S/c18-12-4-5-16(22)15(10-12)17(23)20-6-8-21(9-7-20)26(24,25)14-3-1-2-13(19)11-14/h1-5,10-11,22H,6-9H2. The highest BCUT2D eigenvalue weighted by Crippen LogP contribution is 2.25. The van der Waals surface area contributed by atoms with Crippen LogP contribution in [0.5, 0.6) is 5.75 Å². The van der Waals surface area contributed by atoms with Crippen LogP contribution >= 0.6 is 27.5 Å². The second-order valence-electron chi connectivity index (χ2n) is 5.82. The van der Waals surface area contributed by atoms with Crippen molar-refractivity contribution in [1.82, 2.24) is 9.21 Å². The van der Waals surface area contributed by atoms with E-state index in [1.54, 1.807) is 24.3 Å². The van der Waals surface area contributed by atoms with Crippen LogP contribution < -0.4 is 0 Å². The third kappa shape index (κ3) is 3.88. The Morgan fingerprint density at radius 3 is 2.42 bits per heavy atom. The van der Waals surface area contributed by atoms with Crippen molar-refractivity contribution in [2.75, 3.05) is 26.2 Å². The Bertz CT molecular complexity index is 944. The smallest absolute Gasteiger partial charge is 0.257 e. The molecule has 2 aromatic rings. The van der Waals surface area contributed by atoms with Gasteiger partial charge < -0.3 is 10.0 Å². The SMILES string of the molecule is O=C(c1cc(Br)ccc1O)N1CCN(S(=O)(=O)c2cccc(Cl)c2)CC1. The Hall–Kier alpha value is -1.61.